The molecule has 0 bridgehead atoms. The molecule has 3 nitrogen and oxygen atoms in total. The van der Waals surface area contributed by atoms with Crippen LogP contribution in [-0.4, -0.2) is 11.1 Å². The first kappa shape index (κ1) is 15.0. The highest BCUT2D eigenvalue weighted by Gasteiger charge is 2.14. The third-order valence-corrected chi connectivity index (χ3v) is 3.21. The van der Waals surface area contributed by atoms with Crippen molar-refractivity contribution in [3.05, 3.63) is 64.2 Å². The number of hydrogen-bond acceptors (Lipinski definition) is 2. The van der Waals surface area contributed by atoms with Gasteiger partial charge in [-0.3, -0.25) is 0 Å². The second kappa shape index (κ2) is 5.91. The summed E-state index contributed by atoms with van der Waals surface area (Å²) in [5.74, 6) is -2.11. The van der Waals surface area contributed by atoms with E-state index in [-0.39, 0.29) is 23.6 Å². The number of halogens is 2. The third kappa shape index (κ3) is 3.18. The van der Waals surface area contributed by atoms with Crippen molar-refractivity contribution < 1.29 is 18.7 Å². The first-order chi connectivity index (χ1) is 9.90. The number of nitrogens with one attached hydrogen (secondary N) is 1. The maximum atomic E-state index is 13.8. The van der Waals surface area contributed by atoms with Crippen LogP contribution in [0.25, 0.3) is 0 Å². The van der Waals surface area contributed by atoms with Gasteiger partial charge in [0.25, 0.3) is 0 Å². The number of aromatic carboxylic acids is 1. The number of hydrogen-bond donors (Lipinski definition) is 2. The summed E-state index contributed by atoms with van der Waals surface area (Å²) in [4.78, 5) is 11.1. The molecule has 0 saturated carbocycles. The minimum Gasteiger partial charge on any atom is -0.478 e. The number of carbonyl (C=O) groups is 1. The molecular weight excluding hydrogens is 276 g/mol. The molecule has 2 aromatic carbocycles. The minimum absolute atomic E-state index is 0.0652. The molecule has 0 saturated heterocycles. The van der Waals surface area contributed by atoms with Crippen molar-refractivity contribution in [2.24, 2.45) is 0 Å². The summed E-state index contributed by atoms with van der Waals surface area (Å²) in [5.41, 5.74) is 1.55. The molecule has 0 amide bonds. The molecule has 2 aromatic rings. The highest BCUT2D eigenvalue weighted by molar-refractivity contribution is 5.94. The number of para-hydroxylation sites is 1. The van der Waals surface area contributed by atoms with Gasteiger partial charge in [0, 0.05) is 6.54 Å². The van der Waals surface area contributed by atoms with Gasteiger partial charge in [-0.15, -0.1) is 0 Å². The zero-order valence-corrected chi connectivity index (χ0v) is 11.7. The van der Waals surface area contributed by atoms with Crippen LogP contribution in [0.2, 0.25) is 0 Å². The van der Waals surface area contributed by atoms with Crippen LogP contribution in [0, 0.1) is 25.5 Å². The van der Waals surface area contributed by atoms with Crippen molar-refractivity contribution in [3.63, 3.8) is 0 Å². The highest BCUT2D eigenvalue weighted by atomic mass is 19.1. The van der Waals surface area contributed by atoms with E-state index in [1.165, 1.54) is 18.2 Å². The van der Waals surface area contributed by atoms with Gasteiger partial charge in [0.2, 0.25) is 0 Å². The molecule has 0 aromatic heterocycles. The molecule has 2 rings (SSSR count). The van der Waals surface area contributed by atoms with Crippen LogP contribution in [0.5, 0.6) is 0 Å². The number of anilines is 1. The van der Waals surface area contributed by atoms with Crippen LogP contribution < -0.4 is 5.32 Å². The summed E-state index contributed by atoms with van der Waals surface area (Å²) < 4.78 is 27.3. The van der Waals surface area contributed by atoms with Gasteiger partial charge in [0.05, 0.1) is 11.3 Å². The average molecular weight is 291 g/mol. The number of benzene rings is 2. The molecule has 0 aliphatic rings. The van der Waals surface area contributed by atoms with Gasteiger partial charge in [-0.25, -0.2) is 13.6 Å². The molecule has 5 heteroatoms. The van der Waals surface area contributed by atoms with Gasteiger partial charge < -0.3 is 10.4 Å². The normalized spacial score (nSPS) is 10.5. The molecule has 0 aliphatic heterocycles. The van der Waals surface area contributed by atoms with Gasteiger partial charge in [0.1, 0.15) is 11.6 Å². The maximum absolute atomic E-state index is 13.8. The van der Waals surface area contributed by atoms with Crippen molar-refractivity contribution >= 4 is 11.7 Å². The molecule has 0 fully saturated rings. The number of carboxylic acids is 1. The zero-order chi connectivity index (χ0) is 15.6. The van der Waals surface area contributed by atoms with Crippen molar-refractivity contribution in [3.8, 4) is 0 Å². The molecule has 0 aliphatic carbocycles. The van der Waals surface area contributed by atoms with E-state index in [4.69, 9.17) is 5.11 Å². The topological polar surface area (TPSA) is 49.3 Å². The smallest absolute Gasteiger partial charge is 0.337 e. The molecule has 0 heterocycles. The predicted octanol–water partition coefficient (Wildman–Crippen LogP) is 3.89. The Morgan fingerprint density at radius 1 is 1.19 bits per heavy atom. The van der Waals surface area contributed by atoms with Gasteiger partial charge >= 0.3 is 5.97 Å². The Bertz CT molecular complexity index is 676. The Morgan fingerprint density at radius 2 is 1.81 bits per heavy atom. The summed E-state index contributed by atoms with van der Waals surface area (Å²) >= 11 is 0. The Kier molecular flexibility index (Phi) is 4.21. The molecule has 21 heavy (non-hydrogen) atoms. The summed E-state index contributed by atoms with van der Waals surface area (Å²) in [5, 5.41) is 11.8. The number of rotatable bonds is 4. The van der Waals surface area contributed by atoms with Crippen LogP contribution in [0.15, 0.2) is 30.3 Å². The third-order valence-electron chi connectivity index (χ3n) is 3.21. The van der Waals surface area contributed by atoms with Crippen LogP contribution in [0.1, 0.15) is 27.0 Å². The predicted molar refractivity (Wildman–Crippen MR) is 76.6 cm³/mol. The Hall–Kier alpha value is -2.43. The lowest BCUT2D eigenvalue weighted by Gasteiger charge is -2.12. The van der Waals surface area contributed by atoms with Crippen molar-refractivity contribution in [2.75, 3.05) is 5.32 Å². The number of carboxylic acid groups (broad SMARTS) is 1. The molecular formula is C16H15F2NO2. The summed E-state index contributed by atoms with van der Waals surface area (Å²) in [6, 6.07) is 7.16. The van der Waals surface area contributed by atoms with Crippen LogP contribution in [-0.2, 0) is 6.54 Å². The summed E-state index contributed by atoms with van der Waals surface area (Å²) in [6.07, 6.45) is 0. The van der Waals surface area contributed by atoms with Gasteiger partial charge in [-0.1, -0.05) is 18.2 Å². The first-order valence-electron chi connectivity index (χ1n) is 6.41. The van der Waals surface area contributed by atoms with E-state index in [0.29, 0.717) is 11.1 Å². The fraction of sp³-hybridized carbons (Fsp3) is 0.188. The Labute approximate surface area is 121 Å². The van der Waals surface area contributed by atoms with Gasteiger partial charge in [-0.2, -0.15) is 0 Å². The van der Waals surface area contributed by atoms with E-state index in [2.05, 4.69) is 5.32 Å². The fourth-order valence-corrected chi connectivity index (χ4v) is 2.21. The fourth-order valence-electron chi connectivity index (χ4n) is 2.21. The molecule has 0 atom stereocenters. The zero-order valence-electron chi connectivity index (χ0n) is 11.7. The monoisotopic (exact) mass is 291 g/mol. The van der Waals surface area contributed by atoms with E-state index >= 15 is 0 Å². The molecule has 0 unspecified atom stereocenters. The Morgan fingerprint density at radius 3 is 2.38 bits per heavy atom. The quantitative estimate of drug-likeness (QED) is 0.898. The minimum atomic E-state index is -1.21. The second-order valence-corrected chi connectivity index (χ2v) is 4.86. The lowest BCUT2D eigenvalue weighted by molar-refractivity contribution is 0.0697. The highest BCUT2D eigenvalue weighted by Crippen LogP contribution is 2.22. The first-order valence-corrected chi connectivity index (χ1v) is 6.41. The Balaban J connectivity index is 2.27. The van der Waals surface area contributed by atoms with Crippen molar-refractivity contribution in [1.29, 1.82) is 0 Å². The molecule has 0 spiro atoms. The van der Waals surface area contributed by atoms with Gasteiger partial charge in [-0.05, 0) is 42.7 Å². The largest absolute Gasteiger partial charge is 0.478 e. The van der Waals surface area contributed by atoms with Crippen LogP contribution in [0.3, 0.4) is 0 Å². The maximum Gasteiger partial charge on any atom is 0.337 e. The average Bonchev–Trinajstić information content (AvgIpc) is 2.42. The lowest BCUT2D eigenvalue weighted by Crippen LogP contribution is -2.09. The molecule has 0 radical (unpaired) electrons. The van der Waals surface area contributed by atoms with E-state index in [0.717, 1.165) is 5.56 Å². The van der Waals surface area contributed by atoms with E-state index in [1.54, 1.807) is 26.0 Å². The van der Waals surface area contributed by atoms with E-state index in [1.807, 2.05) is 0 Å². The van der Waals surface area contributed by atoms with E-state index < -0.39 is 11.8 Å². The van der Waals surface area contributed by atoms with Crippen LogP contribution in [0.4, 0.5) is 14.5 Å². The lowest BCUT2D eigenvalue weighted by atomic mass is 10.1. The molecule has 110 valence electrons. The standard InChI is InChI=1S/C16H15F2NO2/c1-9-6-11(7-10(2)14(9)18)8-19-15-12(16(20)21)4-3-5-13(15)17/h3-7,19H,8H2,1-2H3,(H,20,21). The van der Waals surface area contributed by atoms with E-state index in [9.17, 15) is 13.6 Å². The summed E-state index contributed by atoms with van der Waals surface area (Å²) in [7, 11) is 0. The second-order valence-electron chi connectivity index (χ2n) is 4.86. The van der Waals surface area contributed by atoms with Crippen molar-refractivity contribution in [1.82, 2.24) is 0 Å². The molecule has 2 N–H and O–H groups in total. The van der Waals surface area contributed by atoms with Crippen LogP contribution >= 0.6 is 0 Å². The van der Waals surface area contributed by atoms with Gasteiger partial charge in [0.15, 0.2) is 0 Å². The summed E-state index contributed by atoms with van der Waals surface area (Å²) in [6.45, 7) is 3.51. The number of aryl methyl sites for hydroxylation is 2. The van der Waals surface area contributed by atoms with Crippen molar-refractivity contribution in [2.45, 2.75) is 20.4 Å². The SMILES string of the molecule is Cc1cc(CNc2c(F)cccc2C(=O)O)cc(C)c1F.